The first-order valence-corrected chi connectivity index (χ1v) is 9.96. The van der Waals surface area contributed by atoms with Gasteiger partial charge in [0.15, 0.2) is 0 Å². The predicted octanol–water partition coefficient (Wildman–Crippen LogP) is 4.23. The number of nitrogens with one attached hydrogen (secondary N) is 1. The molecule has 4 aromatic rings. The monoisotopic (exact) mass is 402 g/mol. The Balaban J connectivity index is 1.49. The third-order valence-corrected chi connectivity index (χ3v) is 5.70. The van der Waals surface area contributed by atoms with E-state index in [0.717, 1.165) is 35.4 Å². The number of nitrogens with zero attached hydrogens (tertiary/aromatic N) is 3. The summed E-state index contributed by atoms with van der Waals surface area (Å²) in [4.78, 5) is 0. The summed E-state index contributed by atoms with van der Waals surface area (Å²) >= 11 is 0. The highest BCUT2D eigenvalue weighted by Crippen LogP contribution is 2.41. The molecule has 1 aliphatic heterocycles. The van der Waals surface area contributed by atoms with Crippen LogP contribution in [0.15, 0.2) is 65.1 Å². The molecule has 0 amide bonds. The lowest BCUT2D eigenvalue weighted by Gasteiger charge is -2.34. The van der Waals surface area contributed by atoms with Crippen molar-refractivity contribution in [1.82, 2.24) is 20.4 Å². The molecule has 1 aliphatic rings. The Morgan fingerprint density at radius 3 is 2.47 bits per heavy atom. The van der Waals surface area contributed by atoms with Gasteiger partial charge in [-0.1, -0.05) is 42.5 Å². The second-order valence-corrected chi connectivity index (χ2v) is 7.37. The molecule has 152 valence electrons. The first-order valence-electron chi connectivity index (χ1n) is 9.96. The average Bonchev–Trinajstić information content (AvgIpc) is 3.50. The van der Waals surface area contributed by atoms with Crippen molar-refractivity contribution in [3.8, 4) is 28.6 Å². The van der Waals surface area contributed by atoms with Gasteiger partial charge in [0.25, 0.3) is 5.89 Å². The molecule has 0 saturated carbocycles. The fourth-order valence-corrected chi connectivity index (χ4v) is 3.97. The highest BCUT2D eigenvalue weighted by Gasteiger charge is 2.41. The van der Waals surface area contributed by atoms with Gasteiger partial charge in [-0.2, -0.15) is 5.10 Å². The lowest BCUT2D eigenvalue weighted by Crippen LogP contribution is -2.35. The molecule has 1 saturated heterocycles. The smallest absolute Gasteiger partial charge is 0.265 e. The van der Waals surface area contributed by atoms with Crippen LogP contribution < -0.4 is 4.74 Å². The highest BCUT2D eigenvalue weighted by atomic mass is 16.5. The minimum absolute atomic E-state index is 0.377. The number of aromatic nitrogens is 4. The minimum atomic E-state index is -0.377. The maximum absolute atomic E-state index is 6.19. The minimum Gasteiger partial charge on any atom is -0.497 e. The Bertz CT molecular complexity index is 1110. The maximum atomic E-state index is 6.19. The molecule has 30 heavy (non-hydrogen) atoms. The number of aromatic amines is 1. The molecule has 0 aliphatic carbocycles. The zero-order valence-electron chi connectivity index (χ0n) is 16.7. The van der Waals surface area contributed by atoms with Crippen molar-refractivity contribution in [2.24, 2.45) is 0 Å². The fraction of sp³-hybridized carbons (Fsp3) is 0.261. The van der Waals surface area contributed by atoms with Gasteiger partial charge in [-0.3, -0.25) is 5.10 Å². The van der Waals surface area contributed by atoms with Gasteiger partial charge in [0.05, 0.1) is 18.2 Å². The van der Waals surface area contributed by atoms with E-state index in [-0.39, 0.29) is 5.41 Å². The van der Waals surface area contributed by atoms with Crippen LogP contribution in [0, 0.1) is 0 Å². The van der Waals surface area contributed by atoms with Crippen LogP contribution in [-0.4, -0.2) is 40.7 Å². The van der Waals surface area contributed by atoms with Crippen LogP contribution >= 0.6 is 0 Å². The number of hydrogen-bond donors (Lipinski definition) is 1. The average molecular weight is 402 g/mol. The molecular formula is C23H22N4O3. The number of benzene rings is 2. The van der Waals surface area contributed by atoms with Crippen LogP contribution in [0.4, 0.5) is 0 Å². The van der Waals surface area contributed by atoms with Gasteiger partial charge >= 0.3 is 0 Å². The van der Waals surface area contributed by atoms with Crippen LogP contribution in [0.1, 0.15) is 24.3 Å². The van der Waals surface area contributed by atoms with Crippen molar-refractivity contribution >= 4 is 0 Å². The topological polar surface area (TPSA) is 86.1 Å². The zero-order chi connectivity index (χ0) is 20.4. The molecule has 0 bridgehead atoms. The van der Waals surface area contributed by atoms with Crippen LogP contribution in [0.2, 0.25) is 0 Å². The van der Waals surface area contributed by atoms with Gasteiger partial charge < -0.3 is 13.9 Å². The fourth-order valence-electron chi connectivity index (χ4n) is 3.97. The van der Waals surface area contributed by atoms with Gasteiger partial charge in [-0.05, 0) is 36.6 Å². The molecule has 3 heterocycles. The summed E-state index contributed by atoms with van der Waals surface area (Å²) in [7, 11) is 1.66. The van der Waals surface area contributed by atoms with E-state index in [1.54, 1.807) is 7.11 Å². The van der Waals surface area contributed by atoms with Crippen LogP contribution in [0.3, 0.4) is 0 Å². The summed E-state index contributed by atoms with van der Waals surface area (Å²) in [6.45, 7) is 1.29. The summed E-state index contributed by atoms with van der Waals surface area (Å²) in [5, 5.41) is 16.2. The SMILES string of the molecule is COc1ccc(C2(c3nnc(-c4cc(-c5ccccc5)n[nH]4)o3)CCOCC2)cc1. The van der Waals surface area contributed by atoms with E-state index in [1.165, 1.54) is 0 Å². The van der Waals surface area contributed by atoms with E-state index < -0.39 is 0 Å². The molecule has 5 rings (SSSR count). The Labute approximate surface area is 174 Å². The number of methoxy groups -OCH3 is 1. The molecule has 0 spiro atoms. The van der Waals surface area contributed by atoms with Crippen LogP contribution in [0.5, 0.6) is 5.75 Å². The number of H-pyrrole nitrogens is 1. The third-order valence-electron chi connectivity index (χ3n) is 5.70. The molecule has 0 radical (unpaired) electrons. The van der Waals surface area contributed by atoms with E-state index in [1.807, 2.05) is 48.5 Å². The van der Waals surface area contributed by atoms with E-state index >= 15 is 0 Å². The van der Waals surface area contributed by atoms with Crippen LogP contribution in [0.25, 0.3) is 22.8 Å². The van der Waals surface area contributed by atoms with Crippen molar-refractivity contribution in [3.63, 3.8) is 0 Å². The molecular weight excluding hydrogens is 380 g/mol. The van der Waals surface area contributed by atoms with Gasteiger partial charge in [0, 0.05) is 18.8 Å². The Hall–Kier alpha value is -3.45. The molecule has 1 fully saturated rings. The molecule has 2 aromatic heterocycles. The van der Waals surface area contributed by atoms with Gasteiger partial charge in [-0.15, -0.1) is 10.2 Å². The van der Waals surface area contributed by atoms with Crippen molar-refractivity contribution in [2.75, 3.05) is 20.3 Å². The molecule has 1 N–H and O–H groups in total. The quantitative estimate of drug-likeness (QED) is 0.538. The van der Waals surface area contributed by atoms with E-state index in [9.17, 15) is 0 Å². The molecule has 0 atom stereocenters. The van der Waals surface area contributed by atoms with Crippen molar-refractivity contribution in [3.05, 3.63) is 72.1 Å². The van der Waals surface area contributed by atoms with Crippen LogP contribution in [-0.2, 0) is 10.2 Å². The number of rotatable bonds is 5. The molecule has 2 aromatic carbocycles. The van der Waals surface area contributed by atoms with E-state index in [2.05, 4.69) is 32.5 Å². The summed E-state index contributed by atoms with van der Waals surface area (Å²) in [6, 6.07) is 20.0. The summed E-state index contributed by atoms with van der Waals surface area (Å²) in [5.74, 6) is 1.85. The normalized spacial score (nSPS) is 15.8. The predicted molar refractivity (Wildman–Crippen MR) is 111 cm³/mol. The maximum Gasteiger partial charge on any atom is 0.265 e. The second-order valence-electron chi connectivity index (χ2n) is 7.37. The Kier molecular flexibility index (Phi) is 4.80. The largest absolute Gasteiger partial charge is 0.497 e. The van der Waals surface area contributed by atoms with E-state index in [4.69, 9.17) is 13.9 Å². The van der Waals surface area contributed by atoms with Gasteiger partial charge in [-0.25, -0.2) is 0 Å². The van der Waals surface area contributed by atoms with E-state index in [0.29, 0.717) is 30.7 Å². The number of ether oxygens (including phenoxy) is 2. The molecule has 0 unspecified atom stereocenters. The van der Waals surface area contributed by atoms with Crippen molar-refractivity contribution < 1.29 is 13.9 Å². The highest BCUT2D eigenvalue weighted by molar-refractivity contribution is 5.64. The molecule has 7 nitrogen and oxygen atoms in total. The Morgan fingerprint density at radius 2 is 1.73 bits per heavy atom. The van der Waals surface area contributed by atoms with Gasteiger partial charge in [0.2, 0.25) is 5.89 Å². The second kappa shape index (κ2) is 7.76. The first-order chi connectivity index (χ1) is 14.8. The summed E-state index contributed by atoms with van der Waals surface area (Å²) in [5.41, 5.74) is 3.30. The molecule has 7 heteroatoms. The lowest BCUT2D eigenvalue weighted by molar-refractivity contribution is 0.0546. The third kappa shape index (κ3) is 3.27. The van der Waals surface area contributed by atoms with Gasteiger partial charge in [0.1, 0.15) is 11.4 Å². The Morgan fingerprint density at radius 1 is 0.967 bits per heavy atom. The number of hydrogen-bond acceptors (Lipinski definition) is 6. The first kappa shape index (κ1) is 18.6. The standard InChI is InChI=1S/C23H22N4O3/c1-28-18-9-7-17(8-10-18)23(11-13-29-14-12-23)22-27-26-21(30-22)20-15-19(24-25-20)16-5-3-2-4-6-16/h2-10,15H,11-14H2,1H3,(H,24,25). The lowest BCUT2D eigenvalue weighted by atomic mass is 9.74. The summed E-state index contributed by atoms with van der Waals surface area (Å²) < 4.78 is 17.1. The van der Waals surface area contributed by atoms with Crippen molar-refractivity contribution in [1.29, 1.82) is 0 Å². The zero-order valence-corrected chi connectivity index (χ0v) is 16.7. The van der Waals surface area contributed by atoms with Crippen molar-refractivity contribution in [2.45, 2.75) is 18.3 Å². The summed E-state index contributed by atoms with van der Waals surface area (Å²) in [6.07, 6.45) is 1.55.